The highest BCUT2D eigenvalue weighted by Crippen LogP contribution is 2.21. The first-order chi connectivity index (χ1) is 7.95. The van der Waals surface area contributed by atoms with Gasteiger partial charge in [-0.25, -0.2) is 5.84 Å². The molecule has 0 aromatic heterocycles. The van der Waals surface area contributed by atoms with Gasteiger partial charge < -0.3 is 9.80 Å². The first kappa shape index (κ1) is 13.8. The van der Waals surface area contributed by atoms with Crippen LogP contribution < -0.4 is 11.3 Å². The third kappa shape index (κ3) is 2.69. The van der Waals surface area contributed by atoms with Crippen molar-refractivity contribution in [3.8, 4) is 0 Å². The molecule has 3 N–H and O–H groups in total. The lowest BCUT2D eigenvalue weighted by molar-refractivity contribution is -0.143. The number of likely N-dealkylation sites (N-methyl/N-ethyl adjacent to an activating group) is 1. The Balaban J connectivity index is 2.92. The van der Waals surface area contributed by atoms with E-state index in [0.717, 1.165) is 13.0 Å². The zero-order chi connectivity index (χ0) is 13.1. The molecular weight excluding hydrogens is 218 g/mol. The smallest absolute Gasteiger partial charge is 0.247 e. The van der Waals surface area contributed by atoms with Gasteiger partial charge in [0.1, 0.15) is 5.54 Å². The summed E-state index contributed by atoms with van der Waals surface area (Å²) in [5.41, 5.74) is 2.00. The van der Waals surface area contributed by atoms with Crippen LogP contribution in [0.25, 0.3) is 0 Å². The Kier molecular flexibility index (Phi) is 4.34. The van der Waals surface area contributed by atoms with Crippen LogP contribution in [-0.2, 0) is 4.79 Å². The zero-order valence-corrected chi connectivity index (χ0v) is 11.2. The molecule has 0 spiro atoms. The normalized spacial score (nSPS) is 20.8. The third-order valence-electron chi connectivity index (χ3n) is 3.07. The number of nitrogens with two attached hydrogens (primary N) is 1. The minimum atomic E-state index is -0.605. The standard InChI is InChI=1S/C11H23N5O/c1-5-6-13-10(14-12)16-8-7-15(4)9(17)11(16,2)3/h5-8,12H2,1-4H3,(H,13,14). The van der Waals surface area contributed by atoms with E-state index in [4.69, 9.17) is 5.84 Å². The summed E-state index contributed by atoms with van der Waals surface area (Å²) in [5.74, 6) is 6.18. The van der Waals surface area contributed by atoms with Crippen molar-refractivity contribution < 1.29 is 4.79 Å². The minimum Gasteiger partial charge on any atom is -0.342 e. The second kappa shape index (κ2) is 5.35. The number of hydrogen-bond acceptors (Lipinski definition) is 3. The molecular formula is C11H23N5O. The molecule has 1 heterocycles. The minimum absolute atomic E-state index is 0.0863. The Labute approximate surface area is 103 Å². The number of amides is 1. The van der Waals surface area contributed by atoms with Crippen LogP contribution in [0.5, 0.6) is 0 Å². The number of hydrogen-bond donors (Lipinski definition) is 2. The van der Waals surface area contributed by atoms with Gasteiger partial charge in [-0.2, -0.15) is 0 Å². The number of hydrazine groups is 1. The fourth-order valence-electron chi connectivity index (χ4n) is 2.01. The van der Waals surface area contributed by atoms with Gasteiger partial charge in [0.05, 0.1) is 0 Å². The molecule has 6 nitrogen and oxygen atoms in total. The van der Waals surface area contributed by atoms with Crippen LogP contribution in [0, 0.1) is 0 Å². The Morgan fingerprint density at radius 1 is 1.53 bits per heavy atom. The van der Waals surface area contributed by atoms with Crippen molar-refractivity contribution in [1.29, 1.82) is 0 Å². The molecule has 0 aliphatic carbocycles. The number of rotatable bonds is 2. The topological polar surface area (TPSA) is 74.0 Å². The van der Waals surface area contributed by atoms with Crippen LogP contribution in [0.1, 0.15) is 27.2 Å². The van der Waals surface area contributed by atoms with E-state index in [9.17, 15) is 4.79 Å². The van der Waals surface area contributed by atoms with Gasteiger partial charge in [-0.1, -0.05) is 6.92 Å². The van der Waals surface area contributed by atoms with E-state index < -0.39 is 5.54 Å². The van der Waals surface area contributed by atoms with E-state index in [1.54, 1.807) is 4.90 Å². The van der Waals surface area contributed by atoms with Crippen LogP contribution in [-0.4, -0.2) is 53.9 Å². The molecule has 0 radical (unpaired) electrons. The van der Waals surface area contributed by atoms with Crippen molar-refractivity contribution in [3.05, 3.63) is 0 Å². The van der Waals surface area contributed by atoms with Crippen molar-refractivity contribution >= 4 is 11.9 Å². The second-order valence-corrected chi connectivity index (χ2v) is 4.79. The molecule has 1 fully saturated rings. The summed E-state index contributed by atoms with van der Waals surface area (Å²) >= 11 is 0. The van der Waals surface area contributed by atoms with Crippen LogP contribution in [0.15, 0.2) is 4.99 Å². The van der Waals surface area contributed by atoms with Crippen LogP contribution in [0.3, 0.4) is 0 Å². The summed E-state index contributed by atoms with van der Waals surface area (Å²) in [7, 11) is 1.82. The number of guanidine groups is 1. The highest BCUT2D eigenvalue weighted by Gasteiger charge is 2.41. The lowest BCUT2D eigenvalue weighted by Crippen LogP contribution is -2.66. The maximum atomic E-state index is 12.1. The first-order valence-electron chi connectivity index (χ1n) is 5.99. The largest absolute Gasteiger partial charge is 0.342 e. The van der Waals surface area contributed by atoms with Crippen LogP contribution >= 0.6 is 0 Å². The van der Waals surface area contributed by atoms with Crippen molar-refractivity contribution in [2.24, 2.45) is 10.8 Å². The summed E-state index contributed by atoms with van der Waals surface area (Å²) in [4.78, 5) is 20.2. The molecule has 1 aliphatic rings. The predicted octanol–water partition coefficient (Wildman–Crippen LogP) is -0.232. The van der Waals surface area contributed by atoms with E-state index in [2.05, 4.69) is 17.3 Å². The van der Waals surface area contributed by atoms with Gasteiger partial charge in [-0.3, -0.25) is 15.2 Å². The van der Waals surface area contributed by atoms with E-state index in [1.807, 2.05) is 25.8 Å². The Bertz CT molecular complexity index is 313. The highest BCUT2D eigenvalue weighted by atomic mass is 16.2. The molecule has 0 aromatic carbocycles. The fraction of sp³-hybridized carbons (Fsp3) is 0.818. The number of nitrogens with zero attached hydrogens (tertiary/aromatic N) is 3. The maximum absolute atomic E-state index is 12.1. The van der Waals surface area contributed by atoms with Crippen LogP contribution in [0.4, 0.5) is 0 Å². The maximum Gasteiger partial charge on any atom is 0.247 e. The summed E-state index contributed by atoms with van der Waals surface area (Å²) < 4.78 is 0. The average Bonchev–Trinajstić information content (AvgIpc) is 2.29. The lowest BCUT2D eigenvalue weighted by atomic mass is 9.98. The second-order valence-electron chi connectivity index (χ2n) is 4.79. The van der Waals surface area contributed by atoms with Gasteiger partial charge in [0, 0.05) is 26.7 Å². The molecule has 1 aliphatic heterocycles. The van der Waals surface area contributed by atoms with E-state index in [1.165, 1.54) is 0 Å². The van der Waals surface area contributed by atoms with Gasteiger partial charge >= 0.3 is 0 Å². The first-order valence-corrected chi connectivity index (χ1v) is 5.99. The lowest BCUT2D eigenvalue weighted by Gasteiger charge is -2.45. The summed E-state index contributed by atoms with van der Waals surface area (Å²) in [6, 6.07) is 0. The van der Waals surface area contributed by atoms with Gasteiger partial charge in [0.15, 0.2) is 0 Å². The summed E-state index contributed by atoms with van der Waals surface area (Å²) in [6.45, 7) is 7.97. The molecule has 17 heavy (non-hydrogen) atoms. The highest BCUT2D eigenvalue weighted by molar-refractivity contribution is 5.92. The monoisotopic (exact) mass is 241 g/mol. The van der Waals surface area contributed by atoms with Gasteiger partial charge in [0.2, 0.25) is 11.9 Å². The molecule has 0 saturated carbocycles. The fourth-order valence-corrected chi connectivity index (χ4v) is 2.01. The molecule has 1 rings (SSSR count). The van der Waals surface area contributed by atoms with Crippen molar-refractivity contribution in [2.45, 2.75) is 32.7 Å². The molecule has 1 amide bonds. The molecule has 0 aromatic rings. The number of piperazine rings is 1. The zero-order valence-electron chi connectivity index (χ0n) is 11.2. The van der Waals surface area contributed by atoms with Gasteiger partial charge in [-0.15, -0.1) is 0 Å². The van der Waals surface area contributed by atoms with Crippen molar-refractivity contribution in [1.82, 2.24) is 15.2 Å². The third-order valence-corrected chi connectivity index (χ3v) is 3.07. The Morgan fingerprint density at radius 2 is 2.18 bits per heavy atom. The average molecular weight is 241 g/mol. The van der Waals surface area contributed by atoms with E-state index in [-0.39, 0.29) is 5.91 Å². The molecule has 6 heteroatoms. The van der Waals surface area contributed by atoms with Gasteiger partial charge in [-0.05, 0) is 20.3 Å². The number of aliphatic imine (C=N–C) groups is 1. The van der Waals surface area contributed by atoms with E-state index in [0.29, 0.717) is 19.0 Å². The number of carbonyl (C=O) groups is 1. The SMILES string of the molecule is CCCN=C(NN)N1CCN(C)C(=O)C1(C)C. The van der Waals surface area contributed by atoms with Gasteiger partial charge in [0.25, 0.3) is 0 Å². The van der Waals surface area contributed by atoms with Crippen molar-refractivity contribution in [2.75, 3.05) is 26.7 Å². The van der Waals surface area contributed by atoms with E-state index >= 15 is 0 Å². The predicted molar refractivity (Wildman–Crippen MR) is 68.3 cm³/mol. The van der Waals surface area contributed by atoms with Crippen molar-refractivity contribution in [3.63, 3.8) is 0 Å². The quantitative estimate of drug-likeness (QED) is 0.303. The molecule has 0 bridgehead atoms. The molecule has 98 valence electrons. The summed E-state index contributed by atoms with van der Waals surface area (Å²) in [5, 5.41) is 0. The number of nitrogens with one attached hydrogen (secondary N) is 1. The molecule has 1 saturated heterocycles. The Morgan fingerprint density at radius 3 is 2.71 bits per heavy atom. The van der Waals surface area contributed by atoms with Crippen LogP contribution in [0.2, 0.25) is 0 Å². The summed E-state index contributed by atoms with van der Waals surface area (Å²) in [6.07, 6.45) is 0.952. The Hall–Kier alpha value is -1.30. The molecule has 0 unspecified atom stereocenters. The molecule has 0 atom stereocenters. The number of carbonyl (C=O) groups excluding carboxylic acids is 1.